The molecule has 0 bridgehead atoms. The monoisotopic (exact) mass is 598 g/mol. The van der Waals surface area contributed by atoms with Crippen LogP contribution in [-0.2, 0) is 11.2 Å². The second-order valence-corrected chi connectivity index (χ2v) is 10.4. The van der Waals surface area contributed by atoms with Gasteiger partial charge in [-0.15, -0.1) is 0 Å². The van der Waals surface area contributed by atoms with Crippen LogP contribution in [0.25, 0.3) is 27.9 Å². The summed E-state index contributed by atoms with van der Waals surface area (Å²) >= 11 is 0. The SMILES string of the molecule is C=C(F)C(=O)N1CCCc2cc(-c3c(-c4ccc(Oc5nccc(C)n5)c(F)c4)c(C(N)=O)c4cnc(C)cn34)c(F)cc21. The van der Waals surface area contributed by atoms with Crippen molar-refractivity contribution in [3.8, 4) is 34.1 Å². The minimum atomic E-state index is -1.15. The molecule has 0 saturated heterocycles. The lowest BCUT2D eigenvalue weighted by Crippen LogP contribution is -2.35. The van der Waals surface area contributed by atoms with E-state index in [0.29, 0.717) is 29.8 Å². The molecule has 9 nitrogen and oxygen atoms in total. The Hall–Kier alpha value is -5.52. The number of benzene rings is 2. The Kier molecular flexibility index (Phi) is 7.12. The largest absolute Gasteiger partial charge is 0.421 e. The number of carbonyl (C=O) groups excluding carboxylic acids is 2. The van der Waals surface area contributed by atoms with Crippen LogP contribution in [0.1, 0.15) is 33.7 Å². The molecule has 0 fully saturated rings. The van der Waals surface area contributed by atoms with Crippen LogP contribution in [0, 0.1) is 25.5 Å². The van der Waals surface area contributed by atoms with Gasteiger partial charge in [-0.25, -0.2) is 23.1 Å². The van der Waals surface area contributed by atoms with Crippen LogP contribution in [0.15, 0.2) is 67.4 Å². The highest BCUT2D eigenvalue weighted by molar-refractivity contribution is 6.11. The van der Waals surface area contributed by atoms with Gasteiger partial charge >= 0.3 is 6.01 Å². The molecule has 1 aliphatic rings. The van der Waals surface area contributed by atoms with Gasteiger partial charge in [-0.3, -0.25) is 14.6 Å². The van der Waals surface area contributed by atoms with Crippen molar-refractivity contribution in [2.24, 2.45) is 5.73 Å². The first-order valence-corrected chi connectivity index (χ1v) is 13.6. The average molecular weight is 599 g/mol. The Bertz CT molecular complexity index is 2020. The Morgan fingerprint density at radius 2 is 1.84 bits per heavy atom. The molecule has 2 N–H and O–H groups in total. The van der Waals surface area contributed by atoms with E-state index in [-0.39, 0.29) is 57.5 Å². The summed E-state index contributed by atoms with van der Waals surface area (Å²) in [6.45, 7) is 6.75. The van der Waals surface area contributed by atoms with Gasteiger partial charge in [-0.2, -0.15) is 0 Å². The van der Waals surface area contributed by atoms with Crippen LogP contribution in [-0.4, -0.2) is 37.7 Å². The van der Waals surface area contributed by atoms with E-state index >= 15 is 8.78 Å². The topological polar surface area (TPSA) is 116 Å². The number of hydrogen-bond acceptors (Lipinski definition) is 6. The zero-order valence-electron chi connectivity index (χ0n) is 23.7. The number of nitrogens with zero attached hydrogens (tertiary/aromatic N) is 5. The molecule has 12 heteroatoms. The summed E-state index contributed by atoms with van der Waals surface area (Å²) in [5.74, 6) is -4.64. The number of hydrogen-bond donors (Lipinski definition) is 1. The predicted octanol–water partition coefficient (Wildman–Crippen LogP) is 6.01. The van der Waals surface area contributed by atoms with Crippen molar-refractivity contribution >= 4 is 23.0 Å². The third kappa shape index (κ3) is 4.93. The fourth-order valence-corrected chi connectivity index (χ4v) is 5.51. The zero-order valence-corrected chi connectivity index (χ0v) is 23.7. The molecule has 2 aromatic carbocycles. The van der Waals surface area contributed by atoms with E-state index in [2.05, 4.69) is 21.5 Å². The third-order valence-electron chi connectivity index (χ3n) is 7.41. The molecule has 1 aliphatic heterocycles. The number of rotatable bonds is 6. The highest BCUT2D eigenvalue weighted by Crippen LogP contribution is 2.43. The second kappa shape index (κ2) is 11.0. The van der Waals surface area contributed by atoms with Gasteiger partial charge in [0.05, 0.1) is 34.4 Å². The van der Waals surface area contributed by atoms with E-state index in [4.69, 9.17) is 10.5 Å². The van der Waals surface area contributed by atoms with Gasteiger partial charge in [0.2, 0.25) is 0 Å². The summed E-state index contributed by atoms with van der Waals surface area (Å²) in [5, 5.41) is 0. The van der Waals surface area contributed by atoms with Crippen LogP contribution in [0.2, 0.25) is 0 Å². The summed E-state index contributed by atoms with van der Waals surface area (Å²) in [7, 11) is 0. The average Bonchev–Trinajstić information content (AvgIpc) is 3.31. The standard InChI is InChI=1S/C32H25F3N6O3/c1-16-8-9-37-32(39-16)44-26-7-6-20(12-23(26)35)27-28(30(36)42)25-14-38-17(2)15-41(25)29(27)21-11-19-5-4-10-40(31(43)18(3)33)24(19)13-22(21)34/h6-9,11-15H,3-5,10H2,1-2H3,(H2,36,42). The Morgan fingerprint density at radius 1 is 1.05 bits per heavy atom. The van der Waals surface area contributed by atoms with Crippen LogP contribution >= 0.6 is 0 Å². The lowest BCUT2D eigenvalue weighted by Gasteiger charge is -2.29. The minimum absolute atomic E-state index is 0.00485. The molecule has 2 amide bonds. The quantitative estimate of drug-likeness (QED) is 0.240. The van der Waals surface area contributed by atoms with Crippen LogP contribution in [0.3, 0.4) is 0 Å². The molecule has 44 heavy (non-hydrogen) atoms. The lowest BCUT2D eigenvalue weighted by molar-refractivity contribution is -0.116. The third-order valence-corrected chi connectivity index (χ3v) is 7.41. The van der Waals surface area contributed by atoms with Crippen molar-refractivity contribution in [1.82, 2.24) is 19.4 Å². The van der Waals surface area contributed by atoms with Crippen molar-refractivity contribution in [3.05, 3.63) is 102 Å². The fourth-order valence-electron chi connectivity index (χ4n) is 5.51. The number of anilines is 1. The first-order chi connectivity index (χ1) is 21.0. The number of amides is 2. The molecule has 3 aromatic heterocycles. The smallest absolute Gasteiger partial charge is 0.322 e. The van der Waals surface area contributed by atoms with Crippen molar-refractivity contribution in [3.63, 3.8) is 0 Å². The molecule has 222 valence electrons. The Labute approximate surface area is 249 Å². The highest BCUT2D eigenvalue weighted by atomic mass is 19.1. The van der Waals surface area contributed by atoms with E-state index in [0.717, 1.165) is 17.0 Å². The van der Waals surface area contributed by atoms with Gasteiger partial charge in [-0.05, 0) is 68.1 Å². The number of nitrogens with two attached hydrogens (primary N) is 1. The van der Waals surface area contributed by atoms with Gasteiger partial charge in [0.15, 0.2) is 17.4 Å². The molecular weight excluding hydrogens is 573 g/mol. The van der Waals surface area contributed by atoms with Crippen LogP contribution < -0.4 is 15.4 Å². The fraction of sp³-hybridized carbons (Fsp3) is 0.156. The van der Waals surface area contributed by atoms with E-state index in [1.807, 2.05) is 0 Å². The molecule has 5 aromatic rings. The van der Waals surface area contributed by atoms with Gasteiger partial charge in [0, 0.05) is 35.8 Å². The number of aromatic nitrogens is 4. The number of fused-ring (bicyclic) bond motifs is 2. The molecule has 4 heterocycles. The Morgan fingerprint density at radius 3 is 2.55 bits per heavy atom. The Balaban J connectivity index is 1.57. The van der Waals surface area contributed by atoms with Crippen LogP contribution in [0.4, 0.5) is 18.9 Å². The second-order valence-electron chi connectivity index (χ2n) is 10.4. The minimum Gasteiger partial charge on any atom is -0.421 e. The number of halogens is 3. The van der Waals surface area contributed by atoms with Gasteiger partial charge in [0.25, 0.3) is 11.8 Å². The summed E-state index contributed by atoms with van der Waals surface area (Å²) in [5.41, 5.74) is 8.81. The number of aryl methyl sites for hydroxylation is 3. The van der Waals surface area contributed by atoms with Gasteiger partial charge < -0.3 is 19.8 Å². The van der Waals surface area contributed by atoms with Crippen molar-refractivity contribution in [2.75, 3.05) is 11.4 Å². The van der Waals surface area contributed by atoms with E-state index in [1.54, 1.807) is 36.6 Å². The first-order valence-electron chi connectivity index (χ1n) is 13.6. The molecule has 0 spiro atoms. The van der Waals surface area contributed by atoms with Gasteiger partial charge in [-0.1, -0.05) is 12.6 Å². The predicted molar refractivity (Wildman–Crippen MR) is 157 cm³/mol. The molecule has 0 aliphatic carbocycles. The molecule has 6 rings (SSSR count). The van der Waals surface area contributed by atoms with E-state index in [9.17, 15) is 14.0 Å². The lowest BCUT2D eigenvalue weighted by atomic mass is 9.93. The maximum atomic E-state index is 16.1. The normalized spacial score (nSPS) is 12.7. The molecular formula is C32H25F3N6O3. The zero-order chi connectivity index (χ0) is 31.3. The van der Waals surface area contributed by atoms with Crippen molar-refractivity contribution in [1.29, 1.82) is 0 Å². The first kappa shape index (κ1) is 28.6. The van der Waals surface area contributed by atoms with Crippen molar-refractivity contribution < 1.29 is 27.5 Å². The molecule has 0 unspecified atom stereocenters. The maximum Gasteiger partial charge on any atom is 0.322 e. The van der Waals surface area contributed by atoms with Crippen LogP contribution in [0.5, 0.6) is 11.8 Å². The number of carbonyl (C=O) groups is 2. The summed E-state index contributed by atoms with van der Waals surface area (Å²) in [6, 6.07) is 8.35. The summed E-state index contributed by atoms with van der Waals surface area (Å²) in [6.07, 6.45) is 5.52. The molecule has 0 atom stereocenters. The van der Waals surface area contributed by atoms with E-state index in [1.165, 1.54) is 24.5 Å². The number of ether oxygens (including phenoxy) is 1. The molecule has 0 radical (unpaired) electrons. The number of primary amides is 1. The highest BCUT2D eigenvalue weighted by Gasteiger charge is 2.30. The summed E-state index contributed by atoms with van der Waals surface area (Å²) in [4.78, 5) is 39.0. The van der Waals surface area contributed by atoms with E-state index < -0.39 is 29.3 Å². The van der Waals surface area contributed by atoms with Gasteiger partial charge in [0.1, 0.15) is 5.82 Å². The molecule has 0 saturated carbocycles. The summed E-state index contributed by atoms with van der Waals surface area (Å²) < 4.78 is 52.6. The van der Waals surface area contributed by atoms with Crippen molar-refractivity contribution in [2.45, 2.75) is 26.7 Å². The maximum absolute atomic E-state index is 16.1.